The van der Waals surface area contributed by atoms with Crippen molar-refractivity contribution >= 4 is 31.3 Å². The Morgan fingerprint density at radius 1 is 1.44 bits per heavy atom. The summed E-state index contributed by atoms with van der Waals surface area (Å²) < 4.78 is 50.7. The maximum Gasteiger partial charge on any atom is 0.387 e. The second-order valence-electron chi connectivity index (χ2n) is 3.02. The molecule has 98 valence electrons. The highest BCUT2D eigenvalue weighted by atomic mass is 35.7. The number of hydrogen-bond acceptors (Lipinski definition) is 4. The summed E-state index contributed by atoms with van der Waals surface area (Å²) in [4.78, 5) is -0.699. The van der Waals surface area contributed by atoms with Crippen molar-refractivity contribution in [2.45, 2.75) is 17.4 Å². The molecule has 0 atom stereocenters. The maximum absolute atomic E-state index is 12.1. The van der Waals surface area contributed by atoms with Crippen molar-refractivity contribution < 1.29 is 21.9 Å². The van der Waals surface area contributed by atoms with Crippen LogP contribution in [0.15, 0.2) is 17.0 Å². The van der Waals surface area contributed by atoms with Gasteiger partial charge < -0.3 is 4.74 Å². The number of hydrogen-bond donors (Lipinski definition) is 0. The molecule has 0 aliphatic rings. The highest BCUT2D eigenvalue weighted by molar-refractivity contribution is 8.13. The second kappa shape index (κ2) is 5.69. The minimum atomic E-state index is -4.32. The molecule has 0 amide bonds. The Morgan fingerprint density at radius 2 is 2.06 bits per heavy atom. The zero-order valence-corrected chi connectivity index (χ0v) is 10.9. The third kappa shape index (κ3) is 3.45. The molecular formula is C9H5Cl2F2NO3S. The molecule has 1 rings (SSSR count). The topological polar surface area (TPSA) is 67.2 Å². The fourth-order valence-corrected chi connectivity index (χ4v) is 2.38. The molecular weight excluding hydrogens is 311 g/mol. The lowest BCUT2D eigenvalue weighted by atomic mass is 10.1. The molecule has 0 heterocycles. The van der Waals surface area contributed by atoms with Gasteiger partial charge in [0.15, 0.2) is 0 Å². The van der Waals surface area contributed by atoms with E-state index in [1.807, 2.05) is 0 Å². The van der Waals surface area contributed by atoms with E-state index in [1.54, 1.807) is 6.07 Å². The number of nitrogens with zero attached hydrogens (tertiary/aromatic N) is 1. The van der Waals surface area contributed by atoms with E-state index in [2.05, 4.69) is 4.74 Å². The van der Waals surface area contributed by atoms with Crippen LogP contribution in [0.25, 0.3) is 0 Å². The van der Waals surface area contributed by atoms with E-state index in [0.717, 1.165) is 12.1 Å². The van der Waals surface area contributed by atoms with Crippen LogP contribution in [0.1, 0.15) is 11.1 Å². The van der Waals surface area contributed by atoms with Crippen molar-refractivity contribution in [2.75, 3.05) is 0 Å². The van der Waals surface area contributed by atoms with Crippen LogP contribution in [0.5, 0.6) is 5.75 Å². The molecule has 0 N–H and O–H groups in total. The third-order valence-corrected chi connectivity index (χ3v) is 3.54. The number of alkyl halides is 3. The van der Waals surface area contributed by atoms with Gasteiger partial charge in [-0.15, -0.1) is 11.6 Å². The van der Waals surface area contributed by atoms with Gasteiger partial charge in [0, 0.05) is 16.6 Å². The van der Waals surface area contributed by atoms with E-state index in [-0.39, 0.29) is 17.0 Å². The first-order valence-corrected chi connectivity index (χ1v) is 7.16. The SMILES string of the molecule is N#Cc1cc(S(=O)(=O)Cl)c(OC(F)F)cc1CCl. The quantitative estimate of drug-likeness (QED) is 0.633. The maximum atomic E-state index is 12.1. The first-order chi connectivity index (χ1) is 8.29. The Balaban J connectivity index is 3.52. The summed E-state index contributed by atoms with van der Waals surface area (Å²) in [5.41, 5.74) is 0.0877. The highest BCUT2D eigenvalue weighted by Crippen LogP contribution is 2.32. The zero-order valence-electron chi connectivity index (χ0n) is 8.53. The van der Waals surface area contributed by atoms with Gasteiger partial charge in [-0.1, -0.05) is 0 Å². The molecule has 0 saturated heterocycles. The Kier molecular flexibility index (Phi) is 4.73. The van der Waals surface area contributed by atoms with E-state index in [0.29, 0.717) is 0 Å². The van der Waals surface area contributed by atoms with Crippen LogP contribution in [0.4, 0.5) is 8.78 Å². The summed E-state index contributed by atoms with van der Waals surface area (Å²) in [5.74, 6) is -0.805. The highest BCUT2D eigenvalue weighted by Gasteiger charge is 2.22. The fraction of sp³-hybridized carbons (Fsp3) is 0.222. The van der Waals surface area contributed by atoms with Gasteiger partial charge in [-0.25, -0.2) is 8.42 Å². The lowest BCUT2D eigenvalue weighted by Gasteiger charge is -2.11. The first kappa shape index (κ1) is 15.0. The largest absolute Gasteiger partial charge is 0.433 e. The molecule has 0 aromatic heterocycles. The summed E-state index contributed by atoms with van der Waals surface area (Å²) in [5, 5.41) is 8.78. The number of nitriles is 1. The average molecular weight is 316 g/mol. The van der Waals surface area contributed by atoms with Crippen LogP contribution in [0, 0.1) is 11.3 Å². The Bertz CT molecular complexity index is 599. The van der Waals surface area contributed by atoms with E-state index < -0.39 is 26.3 Å². The van der Waals surface area contributed by atoms with Crippen LogP contribution in [-0.4, -0.2) is 15.0 Å². The molecule has 0 aliphatic carbocycles. The summed E-state index contributed by atoms with van der Waals surface area (Å²) >= 11 is 5.51. The van der Waals surface area contributed by atoms with Gasteiger partial charge in [0.2, 0.25) is 0 Å². The third-order valence-electron chi connectivity index (χ3n) is 1.91. The predicted molar refractivity (Wildman–Crippen MR) is 60.4 cm³/mol. The number of rotatable bonds is 4. The average Bonchev–Trinajstić information content (AvgIpc) is 2.26. The standard InChI is InChI=1S/C9H5Cl2F2NO3S/c10-3-5-1-7(17-9(12)13)8(18(11,15)16)2-6(5)4-14/h1-2,9H,3H2. The van der Waals surface area contributed by atoms with Crippen LogP contribution >= 0.6 is 22.3 Å². The van der Waals surface area contributed by atoms with Crippen molar-refractivity contribution in [2.24, 2.45) is 0 Å². The lowest BCUT2D eigenvalue weighted by molar-refractivity contribution is -0.0517. The summed E-state index contributed by atoms with van der Waals surface area (Å²) in [6.07, 6.45) is 0. The molecule has 4 nitrogen and oxygen atoms in total. The lowest BCUT2D eigenvalue weighted by Crippen LogP contribution is -2.07. The molecule has 0 saturated carbocycles. The van der Waals surface area contributed by atoms with E-state index in [1.165, 1.54) is 0 Å². The number of ether oxygens (including phenoxy) is 1. The van der Waals surface area contributed by atoms with Crippen molar-refractivity contribution in [3.8, 4) is 11.8 Å². The number of benzene rings is 1. The Morgan fingerprint density at radius 3 is 2.44 bits per heavy atom. The zero-order chi connectivity index (χ0) is 13.9. The van der Waals surface area contributed by atoms with Crippen molar-refractivity contribution in [3.63, 3.8) is 0 Å². The van der Waals surface area contributed by atoms with Crippen molar-refractivity contribution in [1.29, 1.82) is 5.26 Å². The molecule has 0 radical (unpaired) electrons. The molecule has 0 fully saturated rings. The van der Waals surface area contributed by atoms with Crippen LogP contribution in [0.2, 0.25) is 0 Å². The number of halogens is 4. The normalized spacial score (nSPS) is 11.3. The van der Waals surface area contributed by atoms with Crippen molar-refractivity contribution in [3.05, 3.63) is 23.3 Å². The van der Waals surface area contributed by atoms with Gasteiger partial charge in [0.1, 0.15) is 10.6 Å². The van der Waals surface area contributed by atoms with E-state index in [4.69, 9.17) is 27.5 Å². The summed E-state index contributed by atoms with van der Waals surface area (Å²) in [6, 6.07) is 3.49. The van der Waals surface area contributed by atoms with Crippen LogP contribution < -0.4 is 4.74 Å². The molecule has 18 heavy (non-hydrogen) atoms. The molecule has 0 aliphatic heterocycles. The van der Waals surface area contributed by atoms with Crippen molar-refractivity contribution in [1.82, 2.24) is 0 Å². The van der Waals surface area contributed by atoms with Gasteiger partial charge >= 0.3 is 6.61 Å². The molecule has 1 aromatic carbocycles. The monoisotopic (exact) mass is 315 g/mol. The van der Waals surface area contributed by atoms with E-state index in [9.17, 15) is 17.2 Å². The molecule has 0 spiro atoms. The smallest absolute Gasteiger partial charge is 0.387 e. The summed E-state index contributed by atoms with van der Waals surface area (Å²) in [7, 11) is 0.760. The molecule has 0 bridgehead atoms. The Labute approximate surface area is 111 Å². The molecule has 1 aromatic rings. The fourth-order valence-electron chi connectivity index (χ4n) is 1.20. The predicted octanol–water partition coefficient (Wildman–Crippen LogP) is 2.83. The summed E-state index contributed by atoms with van der Waals surface area (Å²) in [6.45, 7) is -3.22. The molecule has 9 heteroatoms. The first-order valence-electron chi connectivity index (χ1n) is 4.32. The molecule has 0 unspecified atom stereocenters. The van der Waals surface area contributed by atoms with Gasteiger partial charge in [0.05, 0.1) is 11.6 Å². The van der Waals surface area contributed by atoms with Crippen LogP contribution in [-0.2, 0) is 14.9 Å². The Hall–Kier alpha value is -1.10. The van der Waals surface area contributed by atoms with Gasteiger partial charge in [0.25, 0.3) is 9.05 Å². The second-order valence-corrected chi connectivity index (χ2v) is 5.82. The van der Waals surface area contributed by atoms with E-state index >= 15 is 0 Å². The van der Waals surface area contributed by atoms with Gasteiger partial charge in [-0.2, -0.15) is 14.0 Å². The minimum Gasteiger partial charge on any atom is -0.433 e. The van der Waals surface area contributed by atoms with Gasteiger partial charge in [-0.3, -0.25) is 0 Å². The van der Waals surface area contributed by atoms with Gasteiger partial charge in [-0.05, 0) is 17.7 Å². The minimum absolute atomic E-state index is 0.0779. The van der Waals surface area contributed by atoms with Crippen LogP contribution in [0.3, 0.4) is 0 Å².